The zero-order valence-electron chi connectivity index (χ0n) is 18.5. The Kier molecular flexibility index (Phi) is 11.5. The summed E-state index contributed by atoms with van der Waals surface area (Å²) in [6, 6.07) is 8.07. The molecule has 0 aromatic heterocycles. The number of nitrogens with zero attached hydrogens (tertiary/aromatic N) is 3. The smallest absolute Gasteiger partial charge is 0.191 e. The van der Waals surface area contributed by atoms with Gasteiger partial charge in [0, 0.05) is 45.9 Å². The lowest BCUT2D eigenvalue weighted by molar-refractivity contribution is 0.145. The summed E-state index contributed by atoms with van der Waals surface area (Å²) >= 11 is 0. The number of hydrogen-bond donors (Lipinski definition) is 2. The molecular weight excluding hydrogens is 366 g/mol. The molecule has 0 spiro atoms. The molecule has 0 unspecified atom stereocenters. The zero-order valence-corrected chi connectivity index (χ0v) is 18.5. The fourth-order valence-corrected chi connectivity index (χ4v) is 3.26. The van der Waals surface area contributed by atoms with Crippen molar-refractivity contribution >= 4 is 5.96 Å². The summed E-state index contributed by atoms with van der Waals surface area (Å²) < 4.78 is 10.7. The van der Waals surface area contributed by atoms with Crippen LogP contribution in [0.2, 0.25) is 0 Å². The van der Waals surface area contributed by atoms with Gasteiger partial charge in [-0.25, -0.2) is 4.99 Å². The van der Waals surface area contributed by atoms with Crippen LogP contribution in [0.5, 0.6) is 5.75 Å². The second kappa shape index (κ2) is 14.2. The standard InChI is InChI=1S/C22H39N5O2/c1-4-29-18-5-11-23-22(25-19-20-7-9-21(28-3)10-8-20)24-12-15-27-14-6-13-26(2)16-17-27/h7-10H,4-6,11-19H2,1-3H3,(H2,23,24,25). The maximum absolute atomic E-state index is 5.42. The van der Waals surface area contributed by atoms with Crippen molar-refractivity contribution in [2.45, 2.75) is 26.3 Å². The number of methoxy groups -OCH3 is 1. The quantitative estimate of drug-likeness (QED) is 0.333. The summed E-state index contributed by atoms with van der Waals surface area (Å²) in [5.74, 6) is 1.73. The molecule has 0 aliphatic carbocycles. The monoisotopic (exact) mass is 405 g/mol. The molecule has 0 radical (unpaired) electrons. The molecule has 1 aromatic carbocycles. The first kappa shape index (κ1) is 23.4. The second-order valence-corrected chi connectivity index (χ2v) is 7.42. The summed E-state index contributed by atoms with van der Waals surface area (Å²) in [4.78, 5) is 9.71. The van der Waals surface area contributed by atoms with Crippen LogP contribution in [0.1, 0.15) is 25.3 Å². The van der Waals surface area contributed by atoms with Gasteiger partial charge in [0.1, 0.15) is 5.75 Å². The van der Waals surface area contributed by atoms with E-state index in [1.807, 2.05) is 19.1 Å². The number of likely N-dealkylation sites (N-methyl/N-ethyl adjacent to an activating group) is 1. The third-order valence-electron chi connectivity index (χ3n) is 5.07. The molecule has 0 atom stereocenters. The largest absolute Gasteiger partial charge is 0.497 e. The predicted octanol–water partition coefficient (Wildman–Crippen LogP) is 1.79. The number of ether oxygens (including phenoxy) is 2. The zero-order chi connectivity index (χ0) is 20.7. The molecule has 1 saturated heterocycles. The summed E-state index contributed by atoms with van der Waals surface area (Å²) in [7, 11) is 3.89. The summed E-state index contributed by atoms with van der Waals surface area (Å²) in [5.41, 5.74) is 1.16. The molecule has 2 rings (SSSR count). The van der Waals surface area contributed by atoms with Crippen LogP contribution >= 0.6 is 0 Å². The SMILES string of the molecule is CCOCCCNC(=NCc1ccc(OC)cc1)NCCN1CCCN(C)CC1. The molecule has 7 heteroatoms. The van der Waals surface area contributed by atoms with E-state index in [4.69, 9.17) is 14.5 Å². The van der Waals surface area contributed by atoms with Gasteiger partial charge in [0.2, 0.25) is 0 Å². The molecule has 7 nitrogen and oxygen atoms in total. The molecule has 29 heavy (non-hydrogen) atoms. The Labute approximate surface area is 176 Å². The molecule has 1 fully saturated rings. The molecule has 1 heterocycles. The fraction of sp³-hybridized carbons (Fsp3) is 0.682. The molecule has 2 N–H and O–H groups in total. The van der Waals surface area contributed by atoms with Crippen LogP contribution in [0, 0.1) is 0 Å². The maximum Gasteiger partial charge on any atom is 0.191 e. The van der Waals surface area contributed by atoms with E-state index in [0.29, 0.717) is 6.54 Å². The number of guanidine groups is 1. The van der Waals surface area contributed by atoms with Gasteiger partial charge in [0.15, 0.2) is 5.96 Å². The van der Waals surface area contributed by atoms with Crippen LogP contribution in [0.3, 0.4) is 0 Å². The highest BCUT2D eigenvalue weighted by molar-refractivity contribution is 5.79. The predicted molar refractivity (Wildman–Crippen MR) is 120 cm³/mol. The van der Waals surface area contributed by atoms with Crippen LogP contribution in [-0.4, -0.2) is 88.9 Å². The van der Waals surface area contributed by atoms with Crippen molar-refractivity contribution in [2.24, 2.45) is 4.99 Å². The third kappa shape index (κ3) is 9.96. The summed E-state index contributed by atoms with van der Waals surface area (Å²) in [6.45, 7) is 11.6. The highest BCUT2D eigenvalue weighted by Crippen LogP contribution is 2.11. The van der Waals surface area contributed by atoms with Crippen LogP contribution < -0.4 is 15.4 Å². The minimum atomic E-state index is 0.638. The van der Waals surface area contributed by atoms with Crippen molar-refractivity contribution in [1.82, 2.24) is 20.4 Å². The van der Waals surface area contributed by atoms with E-state index >= 15 is 0 Å². The first-order valence-corrected chi connectivity index (χ1v) is 10.8. The van der Waals surface area contributed by atoms with Crippen molar-refractivity contribution < 1.29 is 9.47 Å². The lowest BCUT2D eigenvalue weighted by Crippen LogP contribution is -2.42. The van der Waals surface area contributed by atoms with E-state index in [-0.39, 0.29) is 0 Å². The van der Waals surface area contributed by atoms with Gasteiger partial charge in [-0.1, -0.05) is 12.1 Å². The lowest BCUT2D eigenvalue weighted by Gasteiger charge is -2.21. The molecule has 1 aromatic rings. The van der Waals surface area contributed by atoms with Gasteiger partial charge < -0.3 is 29.9 Å². The summed E-state index contributed by atoms with van der Waals surface area (Å²) in [6.07, 6.45) is 2.21. The Morgan fingerprint density at radius 3 is 2.62 bits per heavy atom. The number of rotatable bonds is 11. The molecule has 0 amide bonds. The van der Waals surface area contributed by atoms with E-state index in [0.717, 1.165) is 69.6 Å². The van der Waals surface area contributed by atoms with Gasteiger partial charge >= 0.3 is 0 Å². The third-order valence-corrected chi connectivity index (χ3v) is 5.07. The van der Waals surface area contributed by atoms with Crippen molar-refractivity contribution in [1.29, 1.82) is 0 Å². The topological polar surface area (TPSA) is 61.4 Å². The first-order chi connectivity index (χ1) is 14.2. The molecule has 1 aliphatic rings. The van der Waals surface area contributed by atoms with Crippen molar-refractivity contribution in [3.63, 3.8) is 0 Å². The van der Waals surface area contributed by atoms with Gasteiger partial charge in [-0.2, -0.15) is 0 Å². The molecule has 164 valence electrons. The maximum atomic E-state index is 5.42. The van der Waals surface area contributed by atoms with Gasteiger partial charge in [0.05, 0.1) is 13.7 Å². The van der Waals surface area contributed by atoms with E-state index in [1.165, 1.54) is 19.5 Å². The molecular formula is C22H39N5O2. The number of hydrogen-bond acceptors (Lipinski definition) is 5. The number of nitrogens with one attached hydrogen (secondary N) is 2. The second-order valence-electron chi connectivity index (χ2n) is 7.42. The first-order valence-electron chi connectivity index (χ1n) is 10.8. The fourth-order valence-electron chi connectivity index (χ4n) is 3.26. The van der Waals surface area contributed by atoms with Crippen LogP contribution in [-0.2, 0) is 11.3 Å². The minimum absolute atomic E-state index is 0.638. The van der Waals surface area contributed by atoms with Crippen molar-refractivity contribution in [3.8, 4) is 5.75 Å². The van der Waals surface area contributed by atoms with Crippen LogP contribution in [0.4, 0.5) is 0 Å². The van der Waals surface area contributed by atoms with E-state index in [9.17, 15) is 0 Å². The highest BCUT2D eigenvalue weighted by atomic mass is 16.5. The molecule has 0 saturated carbocycles. The van der Waals surface area contributed by atoms with Crippen molar-refractivity contribution in [2.75, 3.05) is 73.2 Å². The Morgan fingerprint density at radius 1 is 1.07 bits per heavy atom. The van der Waals surface area contributed by atoms with Gasteiger partial charge in [-0.15, -0.1) is 0 Å². The summed E-state index contributed by atoms with van der Waals surface area (Å²) in [5, 5.41) is 6.94. The average Bonchev–Trinajstić information content (AvgIpc) is 2.95. The van der Waals surface area contributed by atoms with Crippen LogP contribution in [0.15, 0.2) is 29.3 Å². The number of aliphatic imine (C=N–C) groups is 1. The Balaban J connectivity index is 1.82. The highest BCUT2D eigenvalue weighted by Gasteiger charge is 2.11. The Bertz CT molecular complexity index is 579. The van der Waals surface area contributed by atoms with Gasteiger partial charge in [-0.05, 0) is 57.6 Å². The van der Waals surface area contributed by atoms with Gasteiger partial charge in [0.25, 0.3) is 0 Å². The normalized spacial score (nSPS) is 16.4. The van der Waals surface area contributed by atoms with Crippen LogP contribution in [0.25, 0.3) is 0 Å². The molecule has 1 aliphatic heterocycles. The molecule has 0 bridgehead atoms. The van der Waals surface area contributed by atoms with Gasteiger partial charge in [-0.3, -0.25) is 0 Å². The van der Waals surface area contributed by atoms with E-state index in [1.54, 1.807) is 7.11 Å². The average molecular weight is 406 g/mol. The lowest BCUT2D eigenvalue weighted by atomic mass is 10.2. The Morgan fingerprint density at radius 2 is 1.86 bits per heavy atom. The minimum Gasteiger partial charge on any atom is -0.497 e. The number of benzene rings is 1. The van der Waals surface area contributed by atoms with E-state index < -0.39 is 0 Å². The Hall–Kier alpha value is -1.83. The van der Waals surface area contributed by atoms with Crippen molar-refractivity contribution in [3.05, 3.63) is 29.8 Å². The van der Waals surface area contributed by atoms with E-state index in [2.05, 4.69) is 39.6 Å².